The zero-order valence-corrected chi connectivity index (χ0v) is 26.2. The maximum atomic E-state index is 11.3. The van der Waals surface area contributed by atoms with Crippen LogP contribution < -0.4 is 21.3 Å². The lowest BCUT2D eigenvalue weighted by molar-refractivity contribution is -0.139. The SMILES string of the molecule is C.C.C.C.C.C.C.C.C.CCC.CNCCNC(=O)CCN1C(=O)C=CC1=O.CNCCNC(=O)CCN1C(=O)C=CC1=O.S=PP=S. The number of rotatable bonds is 13. The van der Waals surface area contributed by atoms with E-state index >= 15 is 0 Å². The van der Waals surface area contributed by atoms with E-state index in [0.29, 0.717) is 26.2 Å². The fourth-order valence-electron chi connectivity index (χ4n) is 2.56. The number of nitrogens with one attached hydrogen (secondary N) is 4. The van der Waals surface area contributed by atoms with Crippen molar-refractivity contribution >= 4 is 73.1 Å². The predicted octanol–water partition coefficient (Wildman–Crippen LogP) is 6.13. The van der Waals surface area contributed by atoms with Gasteiger partial charge in [-0.1, -0.05) is 87.1 Å². The maximum Gasteiger partial charge on any atom is 0.253 e. The standard InChI is InChI=1S/2C10H15N3O3.C3H8.9CH4.P2S2/c2*1-11-5-6-12-8(14)4-7-13-9(15)2-3-10(13)16;1-3-2;;;;;;;;;;3-1-2-4/h2*2-3,11H,4-7H2,1H3,(H,12,14);3H2,1-2H3;9*1H4;. The molecule has 0 aromatic carbocycles. The number of hydrogen-bond acceptors (Lipinski definition) is 10. The summed E-state index contributed by atoms with van der Waals surface area (Å²) in [7, 11) is 5.32. The molecule has 0 fully saturated rings. The Morgan fingerprint density at radius 3 is 0.979 bits per heavy atom. The van der Waals surface area contributed by atoms with Gasteiger partial charge >= 0.3 is 0 Å². The normalized spacial score (nSPS) is 10.9. The van der Waals surface area contributed by atoms with Gasteiger partial charge < -0.3 is 21.3 Å². The van der Waals surface area contributed by atoms with Gasteiger partial charge in [0.15, 0.2) is 0 Å². The molecule has 2 heterocycles. The fraction of sp³-hybridized carbons (Fsp3) is 0.688. The second-order valence-electron chi connectivity index (χ2n) is 7.60. The summed E-state index contributed by atoms with van der Waals surface area (Å²) in [5.74, 6) is -1.74. The van der Waals surface area contributed by atoms with Crippen molar-refractivity contribution in [3.05, 3.63) is 24.3 Å². The minimum atomic E-state index is -0.354. The molecular formula is C32H74N6O6P2S2. The summed E-state index contributed by atoms with van der Waals surface area (Å²) in [6.45, 7) is 6.97. The summed E-state index contributed by atoms with van der Waals surface area (Å²) in [4.78, 5) is 69.2. The Labute approximate surface area is 309 Å². The summed E-state index contributed by atoms with van der Waals surface area (Å²) in [6.07, 6.45) is 6.37. The van der Waals surface area contributed by atoms with E-state index in [0.717, 1.165) is 23.9 Å². The van der Waals surface area contributed by atoms with Gasteiger partial charge in [-0.2, -0.15) is 0 Å². The van der Waals surface area contributed by atoms with Crippen LogP contribution in [0.1, 0.15) is 99.9 Å². The molecule has 2 rings (SSSR count). The Morgan fingerprint density at radius 2 is 0.792 bits per heavy atom. The molecule has 290 valence electrons. The third-order valence-electron chi connectivity index (χ3n) is 4.35. The summed E-state index contributed by atoms with van der Waals surface area (Å²) in [6, 6.07) is 0. The topological polar surface area (TPSA) is 157 Å². The van der Waals surface area contributed by atoms with E-state index in [9.17, 15) is 28.8 Å². The molecule has 4 N–H and O–H groups in total. The number of likely N-dealkylation sites (N-methyl/N-ethyl adjacent to an activating group) is 2. The van der Waals surface area contributed by atoms with Crippen LogP contribution in [0.15, 0.2) is 24.3 Å². The molecule has 0 spiro atoms. The molecule has 2 aliphatic rings. The van der Waals surface area contributed by atoms with Crippen molar-refractivity contribution in [1.82, 2.24) is 31.1 Å². The number of carbonyl (C=O) groups excluding carboxylic acids is 6. The molecule has 0 aliphatic carbocycles. The van der Waals surface area contributed by atoms with E-state index in [2.05, 4.69) is 58.7 Å². The van der Waals surface area contributed by atoms with Gasteiger partial charge in [0.05, 0.1) is 0 Å². The van der Waals surface area contributed by atoms with E-state index in [1.807, 2.05) is 0 Å². The van der Waals surface area contributed by atoms with Crippen LogP contribution in [0.3, 0.4) is 0 Å². The molecule has 0 aromatic rings. The first kappa shape index (κ1) is 75.8. The minimum Gasteiger partial charge on any atom is -0.355 e. The molecule has 0 saturated heterocycles. The quantitative estimate of drug-likeness (QED) is 0.0977. The Bertz CT molecular complexity index is 804. The van der Waals surface area contributed by atoms with Crippen molar-refractivity contribution in [2.45, 2.75) is 99.9 Å². The van der Waals surface area contributed by atoms with Gasteiger partial charge in [0.2, 0.25) is 11.8 Å². The average Bonchev–Trinajstić information content (AvgIpc) is 3.41. The van der Waals surface area contributed by atoms with Crippen molar-refractivity contribution in [3.63, 3.8) is 0 Å². The van der Waals surface area contributed by atoms with E-state index in [1.165, 1.54) is 30.7 Å². The lowest BCUT2D eigenvalue weighted by atomic mass is 10.3. The third-order valence-corrected chi connectivity index (χ3v) is 7.02. The number of imide groups is 2. The Hall–Kier alpha value is -2.34. The predicted molar refractivity (Wildman–Crippen MR) is 220 cm³/mol. The first-order valence-electron chi connectivity index (χ1n) is 12.2. The summed E-state index contributed by atoms with van der Waals surface area (Å²) >= 11 is 8.82. The lowest BCUT2D eigenvalue weighted by Crippen LogP contribution is -2.36. The molecule has 0 saturated carbocycles. The largest absolute Gasteiger partial charge is 0.355 e. The highest BCUT2D eigenvalue weighted by Gasteiger charge is 2.24. The van der Waals surface area contributed by atoms with Gasteiger partial charge in [0.1, 0.15) is 0 Å². The molecule has 0 aromatic heterocycles. The van der Waals surface area contributed by atoms with Gasteiger partial charge in [0, 0.05) is 90.5 Å². The maximum absolute atomic E-state index is 11.3. The first-order valence-corrected chi connectivity index (χ1v) is 16.7. The van der Waals surface area contributed by atoms with Crippen molar-refractivity contribution in [3.8, 4) is 0 Å². The van der Waals surface area contributed by atoms with Gasteiger partial charge in [-0.05, 0) is 37.7 Å². The second-order valence-corrected chi connectivity index (χ2v) is 11.8. The van der Waals surface area contributed by atoms with Crippen LogP contribution in [0.2, 0.25) is 0 Å². The monoisotopic (exact) mass is 764 g/mol. The van der Waals surface area contributed by atoms with Crippen molar-refractivity contribution < 1.29 is 28.8 Å². The van der Waals surface area contributed by atoms with Crippen LogP contribution in [0.5, 0.6) is 0 Å². The van der Waals surface area contributed by atoms with Gasteiger partial charge in [0.25, 0.3) is 23.6 Å². The zero-order chi connectivity index (χ0) is 30.1. The smallest absolute Gasteiger partial charge is 0.253 e. The molecular weight excluding hydrogens is 690 g/mol. The third kappa shape index (κ3) is 39.8. The molecule has 12 nitrogen and oxygen atoms in total. The number of amides is 6. The van der Waals surface area contributed by atoms with Gasteiger partial charge in [-0.25, -0.2) is 0 Å². The number of carbonyl (C=O) groups is 6. The zero-order valence-electron chi connectivity index (χ0n) is 22.7. The average molecular weight is 765 g/mol. The highest BCUT2D eigenvalue weighted by atomic mass is 32.7. The van der Waals surface area contributed by atoms with Crippen molar-refractivity contribution in [2.24, 2.45) is 0 Å². The van der Waals surface area contributed by atoms with E-state index < -0.39 is 0 Å². The number of hydrogen-bond donors (Lipinski definition) is 4. The van der Waals surface area contributed by atoms with E-state index in [-0.39, 0.29) is 128 Å². The van der Waals surface area contributed by atoms with E-state index in [1.54, 1.807) is 14.1 Å². The van der Waals surface area contributed by atoms with Crippen LogP contribution in [-0.2, 0) is 52.4 Å². The molecule has 0 unspecified atom stereocenters. The fourth-order valence-corrected chi connectivity index (χ4v) is 2.56. The van der Waals surface area contributed by atoms with Crippen LogP contribution in [-0.4, -0.2) is 98.6 Å². The highest BCUT2D eigenvalue weighted by Crippen LogP contribution is 2.10. The van der Waals surface area contributed by atoms with Crippen LogP contribution >= 0.6 is 14.1 Å². The summed E-state index contributed by atoms with van der Waals surface area (Å²) in [5, 5.41) is 11.1. The van der Waals surface area contributed by atoms with Crippen LogP contribution in [0.4, 0.5) is 0 Å². The second kappa shape index (κ2) is 51.5. The molecule has 0 radical (unpaired) electrons. The summed E-state index contributed by atoms with van der Waals surface area (Å²) in [5.41, 5.74) is 0. The Morgan fingerprint density at radius 1 is 0.562 bits per heavy atom. The van der Waals surface area contributed by atoms with Crippen molar-refractivity contribution in [2.75, 3.05) is 53.4 Å². The summed E-state index contributed by atoms with van der Waals surface area (Å²) < 4.78 is 0. The molecule has 48 heavy (non-hydrogen) atoms. The minimum absolute atomic E-state index is 0. The van der Waals surface area contributed by atoms with Gasteiger partial charge in [-0.3, -0.25) is 38.6 Å². The Balaban J connectivity index is -0.0000000457. The molecule has 0 atom stereocenters. The first-order chi connectivity index (χ1) is 18.6. The van der Waals surface area contributed by atoms with Crippen LogP contribution in [0, 0.1) is 0 Å². The molecule has 2 aliphatic heterocycles. The molecule has 0 bridgehead atoms. The van der Waals surface area contributed by atoms with Crippen molar-refractivity contribution in [1.29, 1.82) is 0 Å². The lowest BCUT2D eigenvalue weighted by Gasteiger charge is -2.13. The molecule has 16 heteroatoms. The Kier molecular flexibility index (Phi) is 81.3. The highest BCUT2D eigenvalue weighted by molar-refractivity contribution is 8.40. The number of nitrogens with zero attached hydrogens (tertiary/aromatic N) is 2. The van der Waals surface area contributed by atoms with E-state index in [4.69, 9.17) is 0 Å². The molecule has 6 amide bonds. The van der Waals surface area contributed by atoms with Crippen LogP contribution in [0.25, 0.3) is 0 Å². The van der Waals surface area contributed by atoms with Gasteiger partial charge in [-0.15, -0.1) is 0 Å².